The third-order valence-electron chi connectivity index (χ3n) is 3.73. The minimum absolute atomic E-state index is 0.0913. The first kappa shape index (κ1) is 13.5. The molecule has 5 nitrogen and oxygen atoms in total. The summed E-state index contributed by atoms with van der Waals surface area (Å²) in [6.45, 7) is 10.5. The van der Waals surface area contributed by atoms with Crippen molar-refractivity contribution in [2.75, 3.05) is 0 Å². The molecule has 0 aliphatic heterocycles. The molecule has 1 aliphatic carbocycles. The van der Waals surface area contributed by atoms with Crippen LogP contribution in [0.15, 0.2) is 0 Å². The van der Waals surface area contributed by atoms with Crippen molar-refractivity contribution in [2.24, 2.45) is 5.41 Å². The van der Waals surface area contributed by atoms with Gasteiger partial charge in [0.15, 0.2) is 5.82 Å². The molecule has 0 amide bonds. The van der Waals surface area contributed by atoms with E-state index in [0.717, 1.165) is 18.9 Å². The largest absolute Gasteiger partial charge is 0.305 e. The van der Waals surface area contributed by atoms with Gasteiger partial charge in [0.05, 0.1) is 13.1 Å². The van der Waals surface area contributed by atoms with Crippen LogP contribution in [0.1, 0.15) is 59.2 Å². The van der Waals surface area contributed by atoms with Crippen LogP contribution in [-0.2, 0) is 13.1 Å². The van der Waals surface area contributed by atoms with Gasteiger partial charge in [-0.25, -0.2) is 4.68 Å². The van der Waals surface area contributed by atoms with Crippen molar-refractivity contribution in [3.8, 4) is 0 Å². The Kier molecular flexibility index (Phi) is 3.71. The summed E-state index contributed by atoms with van der Waals surface area (Å²) >= 11 is 0. The molecule has 0 bridgehead atoms. The molecule has 0 saturated heterocycles. The summed E-state index contributed by atoms with van der Waals surface area (Å²) in [5, 5.41) is 15.5. The maximum Gasteiger partial charge on any atom is 0.165 e. The summed E-state index contributed by atoms with van der Waals surface area (Å²) in [4.78, 5) is 0. The van der Waals surface area contributed by atoms with Crippen molar-refractivity contribution >= 4 is 0 Å². The molecular formula is C13H25N5. The third kappa shape index (κ3) is 3.51. The SMILES string of the molecule is CC1(Cn2nnnc2CNC(C)(C)C)CCCC1. The number of tetrazole rings is 1. The zero-order valence-corrected chi connectivity index (χ0v) is 12.0. The first-order chi connectivity index (χ1) is 8.38. The van der Waals surface area contributed by atoms with E-state index in [1.54, 1.807) is 0 Å². The standard InChI is InChI=1S/C13H25N5/c1-12(2,3)14-9-11-15-16-17-18(11)10-13(4)7-5-6-8-13/h14H,5-10H2,1-4H3. The van der Waals surface area contributed by atoms with Gasteiger partial charge in [-0.15, -0.1) is 5.10 Å². The summed E-state index contributed by atoms with van der Waals surface area (Å²) in [6.07, 6.45) is 5.26. The minimum Gasteiger partial charge on any atom is -0.305 e. The van der Waals surface area contributed by atoms with Gasteiger partial charge in [-0.05, 0) is 49.5 Å². The van der Waals surface area contributed by atoms with E-state index in [4.69, 9.17) is 0 Å². The van der Waals surface area contributed by atoms with Gasteiger partial charge in [-0.3, -0.25) is 0 Å². The lowest BCUT2D eigenvalue weighted by Crippen LogP contribution is -2.36. The number of nitrogens with zero attached hydrogens (tertiary/aromatic N) is 4. The Morgan fingerprint density at radius 3 is 2.56 bits per heavy atom. The highest BCUT2D eigenvalue weighted by Crippen LogP contribution is 2.38. The number of hydrogen-bond donors (Lipinski definition) is 1. The van der Waals surface area contributed by atoms with Crippen LogP contribution in [0.2, 0.25) is 0 Å². The fourth-order valence-corrected chi connectivity index (χ4v) is 2.57. The maximum atomic E-state index is 4.14. The topological polar surface area (TPSA) is 55.6 Å². The Labute approximate surface area is 109 Å². The Morgan fingerprint density at radius 2 is 1.94 bits per heavy atom. The highest BCUT2D eigenvalue weighted by Gasteiger charge is 2.30. The summed E-state index contributed by atoms with van der Waals surface area (Å²) < 4.78 is 1.98. The Bertz CT molecular complexity index is 384. The van der Waals surface area contributed by atoms with Crippen LogP contribution in [0, 0.1) is 5.41 Å². The van der Waals surface area contributed by atoms with E-state index < -0.39 is 0 Å². The maximum absolute atomic E-state index is 4.14. The second-order valence-electron chi connectivity index (χ2n) is 6.87. The van der Waals surface area contributed by atoms with Gasteiger partial charge in [0.2, 0.25) is 0 Å². The summed E-state index contributed by atoms with van der Waals surface area (Å²) in [5.74, 6) is 0.943. The van der Waals surface area contributed by atoms with E-state index >= 15 is 0 Å². The summed E-state index contributed by atoms with van der Waals surface area (Å²) in [6, 6.07) is 0. The lowest BCUT2D eigenvalue weighted by atomic mass is 9.89. The predicted octanol–water partition coefficient (Wildman–Crippen LogP) is 2.14. The highest BCUT2D eigenvalue weighted by molar-refractivity contribution is 4.87. The van der Waals surface area contributed by atoms with E-state index in [0.29, 0.717) is 5.41 Å². The fourth-order valence-electron chi connectivity index (χ4n) is 2.57. The average Bonchev–Trinajstić information content (AvgIpc) is 2.84. The molecule has 0 spiro atoms. The van der Waals surface area contributed by atoms with E-state index in [1.165, 1.54) is 25.7 Å². The smallest absolute Gasteiger partial charge is 0.165 e. The molecule has 0 radical (unpaired) electrons. The molecule has 1 aliphatic rings. The van der Waals surface area contributed by atoms with Gasteiger partial charge in [-0.1, -0.05) is 19.8 Å². The zero-order chi connectivity index (χ0) is 13.2. The van der Waals surface area contributed by atoms with Crippen LogP contribution >= 0.6 is 0 Å². The van der Waals surface area contributed by atoms with Crippen molar-refractivity contribution in [1.29, 1.82) is 0 Å². The van der Waals surface area contributed by atoms with E-state index in [-0.39, 0.29) is 5.54 Å². The number of nitrogens with one attached hydrogen (secondary N) is 1. The van der Waals surface area contributed by atoms with E-state index in [1.807, 2.05) is 4.68 Å². The summed E-state index contributed by atoms with van der Waals surface area (Å²) in [7, 11) is 0. The first-order valence-corrected chi connectivity index (χ1v) is 6.88. The van der Waals surface area contributed by atoms with Crippen LogP contribution in [0.4, 0.5) is 0 Å². The monoisotopic (exact) mass is 251 g/mol. The van der Waals surface area contributed by atoms with Crippen LogP contribution in [0.25, 0.3) is 0 Å². The molecule has 1 fully saturated rings. The minimum atomic E-state index is 0.0913. The molecule has 1 saturated carbocycles. The number of hydrogen-bond acceptors (Lipinski definition) is 4. The van der Waals surface area contributed by atoms with Gasteiger partial charge in [0.1, 0.15) is 0 Å². The molecule has 0 aromatic carbocycles. The van der Waals surface area contributed by atoms with Crippen LogP contribution < -0.4 is 5.32 Å². The molecule has 0 atom stereocenters. The van der Waals surface area contributed by atoms with Crippen molar-refractivity contribution in [3.63, 3.8) is 0 Å². The lowest BCUT2D eigenvalue weighted by Gasteiger charge is -2.24. The number of aromatic nitrogens is 4. The summed E-state index contributed by atoms with van der Waals surface area (Å²) in [5.41, 5.74) is 0.472. The number of rotatable bonds is 4. The fraction of sp³-hybridized carbons (Fsp3) is 0.923. The van der Waals surface area contributed by atoms with Gasteiger partial charge >= 0.3 is 0 Å². The molecule has 1 N–H and O–H groups in total. The van der Waals surface area contributed by atoms with Crippen LogP contribution in [-0.4, -0.2) is 25.7 Å². The molecule has 2 rings (SSSR count). The van der Waals surface area contributed by atoms with E-state index in [2.05, 4.69) is 48.5 Å². The third-order valence-corrected chi connectivity index (χ3v) is 3.73. The normalized spacial score (nSPS) is 19.3. The molecule has 0 unspecified atom stereocenters. The van der Waals surface area contributed by atoms with Crippen molar-refractivity contribution in [3.05, 3.63) is 5.82 Å². The van der Waals surface area contributed by atoms with Crippen molar-refractivity contribution in [1.82, 2.24) is 25.5 Å². The van der Waals surface area contributed by atoms with Gasteiger partial charge < -0.3 is 5.32 Å². The highest BCUT2D eigenvalue weighted by atomic mass is 15.5. The second-order valence-corrected chi connectivity index (χ2v) is 6.87. The van der Waals surface area contributed by atoms with Crippen LogP contribution in [0.3, 0.4) is 0 Å². The van der Waals surface area contributed by atoms with Crippen molar-refractivity contribution in [2.45, 2.75) is 72.0 Å². The van der Waals surface area contributed by atoms with Gasteiger partial charge in [0.25, 0.3) is 0 Å². The Hall–Kier alpha value is -0.970. The van der Waals surface area contributed by atoms with Crippen LogP contribution in [0.5, 0.6) is 0 Å². The lowest BCUT2D eigenvalue weighted by molar-refractivity contribution is 0.258. The predicted molar refractivity (Wildman–Crippen MR) is 71.0 cm³/mol. The molecule has 1 heterocycles. The Balaban J connectivity index is 1.99. The molecule has 102 valence electrons. The molecular weight excluding hydrogens is 226 g/mol. The Morgan fingerprint density at radius 1 is 1.28 bits per heavy atom. The molecule has 1 aromatic heterocycles. The second kappa shape index (κ2) is 4.96. The average molecular weight is 251 g/mol. The van der Waals surface area contributed by atoms with Gasteiger partial charge in [0, 0.05) is 5.54 Å². The van der Waals surface area contributed by atoms with Gasteiger partial charge in [-0.2, -0.15) is 0 Å². The molecule has 18 heavy (non-hydrogen) atoms. The molecule has 1 aromatic rings. The van der Waals surface area contributed by atoms with E-state index in [9.17, 15) is 0 Å². The van der Waals surface area contributed by atoms with Crippen molar-refractivity contribution < 1.29 is 0 Å². The quantitative estimate of drug-likeness (QED) is 0.890. The first-order valence-electron chi connectivity index (χ1n) is 6.88. The molecule has 5 heteroatoms. The zero-order valence-electron chi connectivity index (χ0n) is 12.0.